The second-order valence-corrected chi connectivity index (χ2v) is 8.99. The minimum absolute atomic E-state index is 0.632. The topological polar surface area (TPSA) is 103 Å². The number of pyridine rings is 2. The maximum atomic E-state index is 9.49. The van der Waals surface area contributed by atoms with Crippen LogP contribution >= 0.6 is 31.9 Å². The molecule has 0 unspecified atom stereocenters. The van der Waals surface area contributed by atoms with Crippen molar-refractivity contribution in [1.29, 1.82) is 0 Å². The van der Waals surface area contributed by atoms with Crippen LogP contribution in [0.5, 0.6) is 11.5 Å². The summed E-state index contributed by atoms with van der Waals surface area (Å²) in [5.74, 6) is 1.57. The molecule has 0 amide bonds. The van der Waals surface area contributed by atoms with Gasteiger partial charge in [-0.2, -0.15) is 0 Å². The number of nitrogens with zero attached hydrogens (tertiary/aromatic N) is 2. The van der Waals surface area contributed by atoms with Crippen molar-refractivity contribution in [3.05, 3.63) is 82.3 Å². The first kappa shape index (κ1) is 26.5. The average molecular weight is 600 g/mol. The van der Waals surface area contributed by atoms with E-state index in [-0.39, 0.29) is 0 Å². The van der Waals surface area contributed by atoms with Gasteiger partial charge in [-0.15, -0.1) is 0 Å². The molecule has 2 aromatic carbocycles. The number of nitrogens with one attached hydrogen (secondary N) is 1. The number of anilines is 2. The molecule has 0 aliphatic heterocycles. The Balaban J connectivity index is 0.000000198. The van der Waals surface area contributed by atoms with Gasteiger partial charge in [-0.25, -0.2) is 9.97 Å². The number of hydrogen-bond acceptors (Lipinski definition) is 7. The molecule has 35 heavy (non-hydrogen) atoms. The van der Waals surface area contributed by atoms with Crippen LogP contribution < -0.4 is 20.4 Å². The van der Waals surface area contributed by atoms with Crippen molar-refractivity contribution < 1.29 is 14.5 Å². The molecule has 7 nitrogen and oxygen atoms in total. The lowest BCUT2D eigenvalue weighted by atomic mass is 9.87. The molecule has 180 valence electrons. The second kappa shape index (κ2) is 12.6. The smallest absolute Gasteiger partial charge is 0.406 e. The molecule has 0 saturated heterocycles. The third kappa shape index (κ3) is 6.97. The summed E-state index contributed by atoms with van der Waals surface area (Å²) >= 11 is 6.70. The van der Waals surface area contributed by atoms with Gasteiger partial charge in [-0.1, -0.05) is 36.4 Å². The minimum atomic E-state index is -0.656. The lowest BCUT2D eigenvalue weighted by molar-refractivity contribution is 0.416. The minimum Gasteiger partial charge on any atom is -0.496 e. The van der Waals surface area contributed by atoms with E-state index in [0.29, 0.717) is 5.69 Å². The first-order chi connectivity index (χ1) is 16.8. The largest absolute Gasteiger partial charge is 0.496 e. The predicted octanol–water partition coefficient (Wildman–Crippen LogP) is 6.14. The highest BCUT2D eigenvalue weighted by Gasteiger charge is 2.14. The maximum Gasteiger partial charge on any atom is 0.406 e. The number of hydrogen-bond donors (Lipinski definition) is 3. The number of para-hydroxylation sites is 2. The summed E-state index contributed by atoms with van der Waals surface area (Å²) in [4.78, 5) is 8.25. The highest BCUT2D eigenvalue weighted by molar-refractivity contribution is 9.10. The number of rotatable bonds is 6. The fourth-order valence-electron chi connectivity index (χ4n) is 3.40. The first-order valence-electron chi connectivity index (χ1n) is 10.6. The van der Waals surface area contributed by atoms with Crippen LogP contribution in [0.4, 0.5) is 11.4 Å². The van der Waals surface area contributed by atoms with Gasteiger partial charge in [-0.05, 0) is 62.9 Å². The van der Waals surface area contributed by atoms with Gasteiger partial charge in [0.2, 0.25) is 0 Å². The summed E-state index contributed by atoms with van der Waals surface area (Å²) < 4.78 is 12.2. The zero-order chi connectivity index (χ0) is 25.4. The molecular formula is C25H25BBr2N4O3. The van der Waals surface area contributed by atoms with Gasteiger partial charge in [0.05, 0.1) is 38.0 Å². The zero-order valence-electron chi connectivity index (χ0n) is 19.5. The number of nitrogen functional groups attached to an aromatic ring is 1. The number of nitrogens with two attached hydrogens (primary N) is 1. The van der Waals surface area contributed by atoms with E-state index >= 15 is 0 Å². The maximum absolute atomic E-state index is 9.49. The van der Waals surface area contributed by atoms with E-state index in [1.807, 2.05) is 60.7 Å². The summed E-state index contributed by atoms with van der Waals surface area (Å²) in [5.41, 5.74) is 11.0. The normalized spacial score (nSPS) is 10.1. The molecule has 0 aliphatic rings. The van der Waals surface area contributed by atoms with Crippen molar-refractivity contribution in [2.45, 2.75) is 6.82 Å². The SMILES string of the molecule is COc1ccccc1-c1cc(Br)ncc1N.COc1ccccc1-c1cc(Br)ncc1NB(C)O. The summed E-state index contributed by atoms with van der Waals surface area (Å²) in [6, 6.07) is 19.2. The average Bonchev–Trinajstić information content (AvgIpc) is 2.86. The Morgan fingerprint density at radius 2 is 1.29 bits per heavy atom. The van der Waals surface area contributed by atoms with Crippen molar-refractivity contribution in [2.75, 3.05) is 25.2 Å². The molecule has 4 aromatic rings. The van der Waals surface area contributed by atoms with Crippen LogP contribution in [-0.4, -0.2) is 36.3 Å². The molecule has 2 heterocycles. The number of benzene rings is 2. The number of methoxy groups -OCH3 is 2. The highest BCUT2D eigenvalue weighted by Crippen LogP contribution is 2.36. The van der Waals surface area contributed by atoms with E-state index in [9.17, 15) is 5.02 Å². The van der Waals surface area contributed by atoms with Crippen LogP contribution in [0.3, 0.4) is 0 Å². The van der Waals surface area contributed by atoms with Crippen LogP contribution in [0.2, 0.25) is 6.82 Å². The Morgan fingerprint density at radius 3 is 1.83 bits per heavy atom. The van der Waals surface area contributed by atoms with E-state index in [2.05, 4.69) is 47.1 Å². The van der Waals surface area contributed by atoms with Crippen LogP contribution in [0, 0.1) is 0 Å². The van der Waals surface area contributed by atoms with Gasteiger partial charge in [0.15, 0.2) is 0 Å². The lowest BCUT2D eigenvalue weighted by Crippen LogP contribution is -2.20. The summed E-state index contributed by atoms with van der Waals surface area (Å²) in [6.45, 7) is 1.66. The van der Waals surface area contributed by atoms with Crippen molar-refractivity contribution in [2.24, 2.45) is 0 Å². The van der Waals surface area contributed by atoms with Crippen molar-refractivity contribution in [3.8, 4) is 33.8 Å². The fourth-order valence-corrected chi connectivity index (χ4v) is 4.06. The van der Waals surface area contributed by atoms with Crippen molar-refractivity contribution in [1.82, 2.24) is 9.97 Å². The zero-order valence-corrected chi connectivity index (χ0v) is 22.7. The van der Waals surface area contributed by atoms with Gasteiger partial charge >= 0.3 is 7.05 Å². The van der Waals surface area contributed by atoms with Gasteiger partial charge in [0, 0.05) is 22.3 Å². The molecule has 0 fully saturated rings. The molecule has 0 spiro atoms. The van der Waals surface area contributed by atoms with Crippen LogP contribution in [0.15, 0.2) is 82.3 Å². The van der Waals surface area contributed by atoms with Gasteiger partial charge in [0.1, 0.15) is 20.7 Å². The lowest BCUT2D eigenvalue weighted by Gasteiger charge is -2.15. The molecule has 2 aromatic heterocycles. The van der Waals surface area contributed by atoms with E-state index < -0.39 is 7.05 Å². The van der Waals surface area contributed by atoms with Gasteiger partial charge in [-0.3, -0.25) is 0 Å². The molecule has 0 atom stereocenters. The van der Waals surface area contributed by atoms with Crippen LogP contribution in [-0.2, 0) is 0 Å². The van der Waals surface area contributed by atoms with E-state index in [0.717, 1.165) is 48.6 Å². The molecule has 10 heteroatoms. The molecule has 0 aliphatic carbocycles. The second-order valence-electron chi connectivity index (χ2n) is 7.37. The molecule has 0 radical (unpaired) electrons. The van der Waals surface area contributed by atoms with Crippen molar-refractivity contribution >= 4 is 50.3 Å². The van der Waals surface area contributed by atoms with E-state index in [4.69, 9.17) is 15.2 Å². The van der Waals surface area contributed by atoms with Gasteiger partial charge < -0.3 is 25.5 Å². The first-order valence-corrected chi connectivity index (χ1v) is 12.2. The quantitative estimate of drug-likeness (QED) is 0.181. The Bertz CT molecular complexity index is 1290. The van der Waals surface area contributed by atoms with Crippen LogP contribution in [0.25, 0.3) is 22.3 Å². The Hall–Kier alpha value is -3.08. The Labute approximate surface area is 222 Å². The molecule has 0 bridgehead atoms. The summed E-state index contributed by atoms with van der Waals surface area (Å²) in [5, 5.41) is 12.5. The molecule has 0 saturated carbocycles. The standard InChI is InChI=1S/C13H14BBrN2O2.C12H11BrN2O/c1-14(18)17-11-8-16-13(15)7-10(11)9-5-3-4-6-12(9)19-2;1-16-11-5-3-2-4-8(11)9-6-12(13)15-7-10(9)14/h3-8,17-18H,1-2H3;2-7H,14H2,1H3. The summed E-state index contributed by atoms with van der Waals surface area (Å²) in [6.07, 6.45) is 3.31. The van der Waals surface area contributed by atoms with Gasteiger partial charge in [0.25, 0.3) is 0 Å². The molecule has 4 rings (SSSR count). The third-order valence-corrected chi connectivity index (χ3v) is 5.80. The summed E-state index contributed by atoms with van der Waals surface area (Å²) in [7, 11) is 2.62. The Kier molecular flexibility index (Phi) is 9.53. The van der Waals surface area contributed by atoms with Crippen molar-refractivity contribution in [3.63, 3.8) is 0 Å². The number of aromatic nitrogens is 2. The molecular weight excluding hydrogens is 575 g/mol. The predicted molar refractivity (Wildman–Crippen MR) is 150 cm³/mol. The van der Waals surface area contributed by atoms with E-state index in [1.165, 1.54) is 0 Å². The third-order valence-electron chi connectivity index (χ3n) is 4.93. The highest BCUT2D eigenvalue weighted by atomic mass is 79.9. The number of ether oxygens (including phenoxy) is 2. The van der Waals surface area contributed by atoms with Crippen LogP contribution in [0.1, 0.15) is 0 Å². The number of halogens is 2. The Morgan fingerprint density at radius 1 is 0.800 bits per heavy atom. The monoisotopic (exact) mass is 598 g/mol. The fraction of sp³-hybridized carbons (Fsp3) is 0.120. The molecule has 4 N–H and O–H groups in total. The van der Waals surface area contributed by atoms with E-state index in [1.54, 1.807) is 33.4 Å².